The van der Waals surface area contributed by atoms with Gasteiger partial charge in [-0.2, -0.15) is 5.10 Å². The zero-order valence-electron chi connectivity index (χ0n) is 12.4. The monoisotopic (exact) mass is 265 g/mol. The highest BCUT2D eigenvalue weighted by molar-refractivity contribution is 5.03. The van der Waals surface area contributed by atoms with Gasteiger partial charge in [-0.3, -0.25) is 4.68 Å². The molecule has 1 fully saturated rings. The molecular weight excluding hydrogens is 238 g/mol. The predicted octanol–water partition coefficient (Wildman–Crippen LogP) is 2.54. The molecule has 1 aliphatic rings. The maximum Gasteiger partial charge on any atom is 0.0640 e. The summed E-state index contributed by atoms with van der Waals surface area (Å²) in [6.07, 6.45) is 6.56. The molecule has 0 radical (unpaired) electrons. The van der Waals surface area contributed by atoms with E-state index in [2.05, 4.69) is 42.8 Å². The van der Waals surface area contributed by atoms with Crippen molar-refractivity contribution in [1.82, 2.24) is 9.78 Å². The molecule has 1 aliphatic heterocycles. The van der Waals surface area contributed by atoms with Crippen LogP contribution in [0.15, 0.2) is 12.3 Å². The highest BCUT2D eigenvalue weighted by atomic mass is 16.5. The molecule has 0 aromatic carbocycles. The van der Waals surface area contributed by atoms with E-state index in [1.54, 1.807) is 0 Å². The summed E-state index contributed by atoms with van der Waals surface area (Å²) in [5, 5.41) is 4.68. The first-order chi connectivity index (χ1) is 9.15. The minimum Gasteiger partial charge on any atom is -0.378 e. The molecule has 2 rings (SSSR count). The Morgan fingerprint density at radius 1 is 1.47 bits per heavy atom. The van der Waals surface area contributed by atoms with E-state index < -0.39 is 0 Å². The number of nitrogens with two attached hydrogens (primary N) is 1. The molecule has 0 spiro atoms. The summed E-state index contributed by atoms with van der Waals surface area (Å²) in [6.45, 7) is 7.39. The third kappa shape index (κ3) is 3.37. The van der Waals surface area contributed by atoms with Crippen molar-refractivity contribution >= 4 is 0 Å². The second-order valence-corrected chi connectivity index (χ2v) is 5.65. The third-order valence-electron chi connectivity index (χ3n) is 4.41. The van der Waals surface area contributed by atoms with Crippen LogP contribution < -0.4 is 5.73 Å². The van der Waals surface area contributed by atoms with E-state index in [1.807, 2.05) is 0 Å². The lowest BCUT2D eigenvalue weighted by Gasteiger charge is -2.21. The van der Waals surface area contributed by atoms with Gasteiger partial charge in [0.25, 0.3) is 0 Å². The second kappa shape index (κ2) is 6.53. The van der Waals surface area contributed by atoms with Crippen molar-refractivity contribution in [3.63, 3.8) is 0 Å². The fourth-order valence-electron chi connectivity index (χ4n) is 3.06. The summed E-state index contributed by atoms with van der Waals surface area (Å²) in [5.41, 5.74) is 7.43. The lowest BCUT2D eigenvalue weighted by Crippen LogP contribution is -2.36. The topological polar surface area (TPSA) is 53.1 Å². The lowest BCUT2D eigenvalue weighted by molar-refractivity contribution is 0.0994. The molecule has 1 aromatic rings. The molecule has 2 heterocycles. The standard InChI is InChI=1S/C15H27N3O/c1-4-13(5-2)18-8-6-12(17-18)10-15(16)14-7-9-19-11(14)3/h6,8,11,13-15H,4-5,7,9-10,16H2,1-3H3. The van der Waals surface area contributed by atoms with Crippen LogP contribution in [-0.2, 0) is 11.2 Å². The number of hydrogen-bond acceptors (Lipinski definition) is 3. The summed E-state index contributed by atoms with van der Waals surface area (Å²) >= 11 is 0. The van der Waals surface area contributed by atoms with Crippen LogP contribution in [0.25, 0.3) is 0 Å². The predicted molar refractivity (Wildman–Crippen MR) is 77.0 cm³/mol. The maximum absolute atomic E-state index is 6.32. The summed E-state index contributed by atoms with van der Waals surface area (Å²) in [4.78, 5) is 0. The van der Waals surface area contributed by atoms with Crippen LogP contribution in [0, 0.1) is 5.92 Å². The Kier molecular flexibility index (Phi) is 4.99. The van der Waals surface area contributed by atoms with Gasteiger partial charge in [0.2, 0.25) is 0 Å². The summed E-state index contributed by atoms with van der Waals surface area (Å²) < 4.78 is 7.69. The lowest BCUT2D eigenvalue weighted by atomic mass is 9.91. The van der Waals surface area contributed by atoms with Crippen LogP contribution in [0.5, 0.6) is 0 Å². The smallest absolute Gasteiger partial charge is 0.0640 e. The van der Waals surface area contributed by atoms with Crippen molar-refractivity contribution in [2.75, 3.05) is 6.61 Å². The van der Waals surface area contributed by atoms with E-state index in [1.165, 1.54) is 0 Å². The van der Waals surface area contributed by atoms with Gasteiger partial charge in [-0.25, -0.2) is 0 Å². The van der Waals surface area contributed by atoms with Gasteiger partial charge in [-0.1, -0.05) is 13.8 Å². The van der Waals surface area contributed by atoms with Gasteiger partial charge < -0.3 is 10.5 Å². The highest BCUT2D eigenvalue weighted by Gasteiger charge is 2.30. The van der Waals surface area contributed by atoms with Crippen molar-refractivity contribution in [1.29, 1.82) is 0 Å². The molecule has 4 heteroatoms. The van der Waals surface area contributed by atoms with E-state index in [4.69, 9.17) is 10.5 Å². The van der Waals surface area contributed by atoms with Gasteiger partial charge in [0.1, 0.15) is 0 Å². The summed E-state index contributed by atoms with van der Waals surface area (Å²) in [7, 11) is 0. The van der Waals surface area contributed by atoms with E-state index >= 15 is 0 Å². The quantitative estimate of drug-likeness (QED) is 0.860. The molecule has 108 valence electrons. The maximum atomic E-state index is 6.32. The molecule has 0 amide bonds. The second-order valence-electron chi connectivity index (χ2n) is 5.65. The van der Waals surface area contributed by atoms with Crippen LogP contribution in [0.2, 0.25) is 0 Å². The van der Waals surface area contributed by atoms with Crippen LogP contribution >= 0.6 is 0 Å². The first kappa shape index (κ1) is 14.5. The van der Waals surface area contributed by atoms with E-state index in [0.717, 1.165) is 38.0 Å². The fourth-order valence-corrected chi connectivity index (χ4v) is 3.06. The van der Waals surface area contributed by atoms with Crippen molar-refractivity contribution in [3.05, 3.63) is 18.0 Å². The van der Waals surface area contributed by atoms with Gasteiger partial charge in [0.15, 0.2) is 0 Å². The Bertz CT molecular complexity index is 386. The largest absolute Gasteiger partial charge is 0.378 e. The van der Waals surface area contributed by atoms with E-state index in [-0.39, 0.29) is 12.1 Å². The van der Waals surface area contributed by atoms with Crippen LogP contribution in [-0.4, -0.2) is 28.5 Å². The molecule has 0 saturated carbocycles. The Hall–Kier alpha value is -0.870. The van der Waals surface area contributed by atoms with Gasteiger partial charge in [0, 0.05) is 31.2 Å². The number of aromatic nitrogens is 2. The Balaban J connectivity index is 1.95. The average Bonchev–Trinajstić information content (AvgIpc) is 3.00. The number of ether oxygens (including phenoxy) is 1. The van der Waals surface area contributed by atoms with Gasteiger partial charge in [0.05, 0.1) is 17.8 Å². The molecule has 3 atom stereocenters. The molecule has 1 saturated heterocycles. The van der Waals surface area contributed by atoms with Crippen molar-refractivity contribution < 1.29 is 4.74 Å². The Morgan fingerprint density at radius 2 is 2.21 bits per heavy atom. The molecule has 2 N–H and O–H groups in total. The zero-order valence-corrected chi connectivity index (χ0v) is 12.4. The average molecular weight is 265 g/mol. The number of rotatable bonds is 6. The summed E-state index contributed by atoms with van der Waals surface area (Å²) in [6, 6.07) is 2.78. The normalized spacial score (nSPS) is 25.1. The zero-order chi connectivity index (χ0) is 13.8. The van der Waals surface area contributed by atoms with E-state index in [0.29, 0.717) is 12.0 Å². The van der Waals surface area contributed by atoms with Crippen molar-refractivity contribution in [2.45, 2.75) is 64.6 Å². The number of nitrogens with zero attached hydrogens (tertiary/aromatic N) is 2. The Morgan fingerprint density at radius 3 is 2.79 bits per heavy atom. The SMILES string of the molecule is CCC(CC)n1ccc(CC(N)C2CCOC2C)n1. The molecule has 3 unspecified atom stereocenters. The van der Waals surface area contributed by atoms with Crippen LogP contribution in [0.1, 0.15) is 51.8 Å². The molecule has 19 heavy (non-hydrogen) atoms. The minimum atomic E-state index is 0.155. The number of hydrogen-bond donors (Lipinski definition) is 1. The molecular formula is C15H27N3O. The highest BCUT2D eigenvalue weighted by Crippen LogP contribution is 2.24. The van der Waals surface area contributed by atoms with Crippen molar-refractivity contribution in [2.24, 2.45) is 11.7 Å². The van der Waals surface area contributed by atoms with E-state index in [9.17, 15) is 0 Å². The molecule has 1 aromatic heterocycles. The van der Waals surface area contributed by atoms with Gasteiger partial charge in [-0.05, 0) is 32.3 Å². The summed E-state index contributed by atoms with van der Waals surface area (Å²) in [5.74, 6) is 0.471. The minimum absolute atomic E-state index is 0.155. The van der Waals surface area contributed by atoms with Crippen molar-refractivity contribution in [3.8, 4) is 0 Å². The molecule has 0 aliphatic carbocycles. The molecule has 0 bridgehead atoms. The van der Waals surface area contributed by atoms with Gasteiger partial charge in [-0.15, -0.1) is 0 Å². The fraction of sp³-hybridized carbons (Fsp3) is 0.800. The van der Waals surface area contributed by atoms with Crippen LogP contribution in [0.4, 0.5) is 0 Å². The Labute approximate surface area is 116 Å². The first-order valence-corrected chi connectivity index (χ1v) is 7.56. The molecule has 4 nitrogen and oxygen atoms in total. The first-order valence-electron chi connectivity index (χ1n) is 7.56. The third-order valence-corrected chi connectivity index (χ3v) is 4.41. The van der Waals surface area contributed by atoms with Crippen LogP contribution in [0.3, 0.4) is 0 Å². The van der Waals surface area contributed by atoms with Gasteiger partial charge >= 0.3 is 0 Å².